The van der Waals surface area contributed by atoms with Gasteiger partial charge in [0.25, 0.3) is 0 Å². The first kappa shape index (κ1) is 20.7. The monoisotopic (exact) mass is 266 g/mol. The molecule has 3 nitrogen and oxygen atoms in total. The van der Waals surface area contributed by atoms with Crippen LogP contribution in [0.15, 0.2) is 0 Å². The predicted octanol–water partition coefficient (Wildman–Crippen LogP) is -0.187. The zero-order chi connectivity index (χ0) is 12.9. The number of hydrogen-bond donors (Lipinski definition) is 0. The molecule has 0 spiro atoms. The van der Waals surface area contributed by atoms with Gasteiger partial charge in [0.2, 0.25) is 0 Å². The second-order valence-electron chi connectivity index (χ2n) is 4.69. The summed E-state index contributed by atoms with van der Waals surface area (Å²) in [7, 11) is 0. The maximum absolute atomic E-state index is 11.3. The molecular formula is C14H27NaO3. The Hall–Kier alpha value is 0.430. The van der Waals surface area contributed by atoms with Crippen molar-refractivity contribution in [2.45, 2.75) is 77.7 Å². The molecule has 0 aliphatic carbocycles. The third-order valence-corrected chi connectivity index (χ3v) is 2.85. The van der Waals surface area contributed by atoms with Gasteiger partial charge in [-0.15, -0.1) is 0 Å². The summed E-state index contributed by atoms with van der Waals surface area (Å²) in [6.07, 6.45) is 9.78. The van der Waals surface area contributed by atoms with Gasteiger partial charge in [0.15, 0.2) is 0 Å². The van der Waals surface area contributed by atoms with Gasteiger partial charge in [0, 0.05) is 6.92 Å². The van der Waals surface area contributed by atoms with Crippen molar-refractivity contribution in [3.63, 3.8) is 0 Å². The van der Waals surface area contributed by atoms with Crippen molar-refractivity contribution >= 4 is 5.97 Å². The van der Waals surface area contributed by atoms with Crippen molar-refractivity contribution in [3.05, 3.63) is 0 Å². The van der Waals surface area contributed by atoms with E-state index in [1.165, 1.54) is 45.4 Å². The predicted molar refractivity (Wildman–Crippen MR) is 67.6 cm³/mol. The Bertz CT molecular complexity index is 186. The van der Waals surface area contributed by atoms with Crippen LogP contribution in [-0.4, -0.2) is 18.7 Å². The molecule has 0 aliphatic rings. The zero-order valence-corrected chi connectivity index (χ0v) is 14.4. The summed E-state index contributed by atoms with van der Waals surface area (Å²) in [5.74, 6) is -0.359. The quantitative estimate of drug-likeness (QED) is 0.296. The van der Waals surface area contributed by atoms with Crippen molar-refractivity contribution < 1.29 is 44.2 Å². The van der Waals surface area contributed by atoms with Gasteiger partial charge in [-0.25, -0.2) is 0 Å². The molecule has 0 N–H and O–H groups in total. The van der Waals surface area contributed by atoms with Crippen molar-refractivity contribution in [1.82, 2.24) is 0 Å². The first-order valence-corrected chi connectivity index (χ1v) is 6.96. The minimum absolute atomic E-state index is 0. The van der Waals surface area contributed by atoms with Gasteiger partial charge in [0.1, 0.15) is 0 Å². The molecule has 0 aliphatic heterocycles. The molecule has 102 valence electrons. The summed E-state index contributed by atoms with van der Waals surface area (Å²) < 4.78 is 4.67. The Balaban J connectivity index is 0. The summed E-state index contributed by atoms with van der Waals surface area (Å²) in [5, 5.41) is 11.3. The topological polar surface area (TPSA) is 49.4 Å². The van der Waals surface area contributed by atoms with E-state index in [9.17, 15) is 9.90 Å². The molecule has 0 aromatic rings. The molecule has 0 saturated carbocycles. The van der Waals surface area contributed by atoms with Crippen LogP contribution in [0.25, 0.3) is 0 Å². The fourth-order valence-corrected chi connectivity index (χ4v) is 1.80. The summed E-state index contributed by atoms with van der Waals surface area (Å²) >= 11 is 0. The van der Waals surface area contributed by atoms with Gasteiger partial charge < -0.3 is 9.84 Å². The minimum atomic E-state index is -0.737. The second kappa shape index (κ2) is 15.5. The van der Waals surface area contributed by atoms with E-state index < -0.39 is 6.10 Å². The van der Waals surface area contributed by atoms with Crippen LogP contribution >= 0.6 is 0 Å². The van der Waals surface area contributed by atoms with Gasteiger partial charge in [-0.1, -0.05) is 70.8 Å². The number of rotatable bonds is 11. The van der Waals surface area contributed by atoms with Crippen LogP contribution in [0.4, 0.5) is 0 Å². The molecule has 0 heterocycles. The van der Waals surface area contributed by atoms with E-state index in [1.807, 2.05) is 0 Å². The smallest absolute Gasteiger partial charge is 0.850 e. The molecule has 0 amide bonds. The number of hydrogen-bond acceptors (Lipinski definition) is 3. The van der Waals surface area contributed by atoms with Gasteiger partial charge in [0.05, 0.1) is 6.61 Å². The molecule has 0 aromatic heterocycles. The molecule has 0 aromatic carbocycles. The fraction of sp³-hybridized carbons (Fsp3) is 0.929. The van der Waals surface area contributed by atoms with Crippen molar-refractivity contribution in [1.29, 1.82) is 0 Å². The average molecular weight is 266 g/mol. The Morgan fingerprint density at radius 3 is 2.06 bits per heavy atom. The molecule has 1 unspecified atom stereocenters. The Morgan fingerprint density at radius 1 is 1.06 bits per heavy atom. The number of carbonyl (C=O) groups is 1. The molecular weight excluding hydrogens is 239 g/mol. The Labute approximate surface area is 134 Å². The average Bonchev–Trinajstić information content (AvgIpc) is 2.30. The van der Waals surface area contributed by atoms with Crippen LogP contribution < -0.4 is 34.7 Å². The standard InChI is InChI=1S/C14H27O3.Na/c1-3-4-5-6-7-8-9-10-11-14(16)12-17-13(2)15;/h14H,3-12H2,1-2H3;/q-1;+1. The normalized spacial score (nSPS) is 11.7. The number of esters is 1. The van der Waals surface area contributed by atoms with Crippen LogP contribution in [0.2, 0.25) is 0 Å². The van der Waals surface area contributed by atoms with Crippen molar-refractivity contribution in [2.75, 3.05) is 6.61 Å². The van der Waals surface area contributed by atoms with Crippen LogP contribution in [0.3, 0.4) is 0 Å². The number of carbonyl (C=O) groups excluding carboxylic acids is 1. The van der Waals surface area contributed by atoms with Crippen molar-refractivity contribution in [2.24, 2.45) is 0 Å². The van der Waals surface area contributed by atoms with Crippen molar-refractivity contribution in [3.8, 4) is 0 Å². The SMILES string of the molecule is CCCCCCCCCCC([O-])COC(C)=O.[Na+]. The third-order valence-electron chi connectivity index (χ3n) is 2.85. The van der Waals surface area contributed by atoms with E-state index in [0.717, 1.165) is 12.8 Å². The molecule has 0 bridgehead atoms. The maximum atomic E-state index is 11.3. The van der Waals surface area contributed by atoms with E-state index in [4.69, 9.17) is 0 Å². The molecule has 0 radical (unpaired) electrons. The van der Waals surface area contributed by atoms with Crippen LogP contribution in [0, 0.1) is 0 Å². The van der Waals surface area contributed by atoms with Crippen LogP contribution in [-0.2, 0) is 9.53 Å². The largest absolute Gasteiger partial charge is 1.00 e. The van der Waals surface area contributed by atoms with Crippen LogP contribution in [0.1, 0.15) is 71.6 Å². The van der Waals surface area contributed by atoms with Gasteiger partial charge in [-0.05, 0) is 0 Å². The Morgan fingerprint density at radius 2 is 1.56 bits per heavy atom. The maximum Gasteiger partial charge on any atom is 1.00 e. The van der Waals surface area contributed by atoms with E-state index in [1.54, 1.807) is 0 Å². The summed E-state index contributed by atoms with van der Waals surface area (Å²) in [5.41, 5.74) is 0. The first-order chi connectivity index (χ1) is 8.16. The minimum Gasteiger partial charge on any atom is -0.850 e. The third kappa shape index (κ3) is 16.4. The molecule has 0 saturated heterocycles. The zero-order valence-electron chi connectivity index (χ0n) is 12.4. The number of unbranched alkanes of at least 4 members (excludes halogenated alkanes) is 7. The summed E-state index contributed by atoms with van der Waals surface area (Å²) in [6, 6.07) is 0. The summed E-state index contributed by atoms with van der Waals surface area (Å²) in [6.45, 7) is 3.59. The van der Waals surface area contributed by atoms with E-state index >= 15 is 0 Å². The second-order valence-corrected chi connectivity index (χ2v) is 4.69. The van der Waals surface area contributed by atoms with E-state index in [2.05, 4.69) is 11.7 Å². The molecule has 0 fully saturated rings. The van der Waals surface area contributed by atoms with Gasteiger partial charge in [-0.2, -0.15) is 0 Å². The van der Waals surface area contributed by atoms with E-state index in [0.29, 0.717) is 6.42 Å². The first-order valence-electron chi connectivity index (χ1n) is 6.96. The van der Waals surface area contributed by atoms with E-state index in [-0.39, 0.29) is 42.1 Å². The molecule has 0 rings (SSSR count). The summed E-state index contributed by atoms with van der Waals surface area (Å²) in [4.78, 5) is 10.5. The number of ether oxygens (including phenoxy) is 1. The molecule has 18 heavy (non-hydrogen) atoms. The fourth-order valence-electron chi connectivity index (χ4n) is 1.80. The van der Waals surface area contributed by atoms with Gasteiger partial charge >= 0.3 is 35.5 Å². The van der Waals surface area contributed by atoms with Crippen LogP contribution in [0.5, 0.6) is 0 Å². The van der Waals surface area contributed by atoms with Gasteiger partial charge in [-0.3, -0.25) is 4.79 Å². The molecule has 1 atom stereocenters. The molecule has 4 heteroatoms. The Kier molecular flexibility index (Phi) is 17.8.